The van der Waals surface area contributed by atoms with Gasteiger partial charge >= 0.3 is 0 Å². The molecular formula is C20H34N4O2S. The van der Waals surface area contributed by atoms with E-state index in [0.29, 0.717) is 5.92 Å². The molecule has 0 aromatic carbocycles. The highest BCUT2D eigenvalue weighted by atomic mass is 32.1. The number of hydrogen-bond donors (Lipinski definition) is 1. The third kappa shape index (κ3) is 6.43. The van der Waals surface area contributed by atoms with Gasteiger partial charge in [0.05, 0.1) is 12.2 Å². The van der Waals surface area contributed by atoms with Gasteiger partial charge in [0.1, 0.15) is 5.01 Å². The van der Waals surface area contributed by atoms with Crippen molar-refractivity contribution in [1.82, 2.24) is 15.2 Å². The van der Waals surface area contributed by atoms with E-state index in [4.69, 9.17) is 14.5 Å². The molecule has 0 unspecified atom stereocenters. The summed E-state index contributed by atoms with van der Waals surface area (Å²) in [4.78, 5) is 12.9. The molecule has 1 saturated heterocycles. The molecule has 1 aromatic heterocycles. The van der Waals surface area contributed by atoms with Crippen LogP contribution in [0, 0.1) is 5.92 Å². The number of aromatic nitrogens is 1. The van der Waals surface area contributed by atoms with Gasteiger partial charge in [-0.1, -0.05) is 0 Å². The Bertz CT molecular complexity index is 575. The van der Waals surface area contributed by atoms with E-state index in [2.05, 4.69) is 22.3 Å². The number of aliphatic imine (C=N–C) groups is 1. The van der Waals surface area contributed by atoms with Gasteiger partial charge in [-0.3, -0.25) is 4.99 Å². The Hall–Kier alpha value is -1.18. The van der Waals surface area contributed by atoms with E-state index >= 15 is 0 Å². The maximum atomic E-state index is 5.83. The molecule has 1 aromatic rings. The number of hydrogen-bond acceptors (Lipinski definition) is 5. The van der Waals surface area contributed by atoms with Crippen LogP contribution < -0.4 is 5.32 Å². The Morgan fingerprint density at radius 1 is 1.33 bits per heavy atom. The average molecular weight is 395 g/mol. The number of guanidine groups is 1. The fourth-order valence-electron chi connectivity index (χ4n) is 3.67. The molecule has 0 saturated carbocycles. The zero-order valence-corrected chi connectivity index (χ0v) is 17.7. The summed E-state index contributed by atoms with van der Waals surface area (Å²) in [6.45, 7) is 5.13. The molecule has 2 aliphatic rings. The quantitative estimate of drug-likeness (QED) is 0.417. The zero-order chi connectivity index (χ0) is 18.9. The van der Waals surface area contributed by atoms with Gasteiger partial charge in [-0.25, -0.2) is 4.98 Å². The number of thiazole rings is 1. The second kappa shape index (κ2) is 11.0. The predicted molar refractivity (Wildman–Crippen MR) is 111 cm³/mol. The Kier molecular flexibility index (Phi) is 8.35. The van der Waals surface area contributed by atoms with Gasteiger partial charge in [-0.2, -0.15) is 0 Å². The molecular weight excluding hydrogens is 360 g/mol. The lowest BCUT2D eigenvalue weighted by molar-refractivity contribution is 0.0203. The van der Waals surface area contributed by atoms with E-state index in [-0.39, 0.29) is 0 Å². The van der Waals surface area contributed by atoms with E-state index < -0.39 is 0 Å². The Balaban J connectivity index is 1.32. The van der Waals surface area contributed by atoms with Crippen molar-refractivity contribution in [2.24, 2.45) is 10.9 Å². The molecule has 2 heterocycles. The smallest absolute Gasteiger partial charge is 0.193 e. The van der Waals surface area contributed by atoms with E-state index in [0.717, 1.165) is 71.2 Å². The van der Waals surface area contributed by atoms with E-state index in [1.54, 1.807) is 0 Å². The second-order valence-corrected chi connectivity index (χ2v) is 8.67. The highest BCUT2D eigenvalue weighted by molar-refractivity contribution is 7.11. The predicted octanol–water partition coefficient (Wildman–Crippen LogP) is 2.86. The van der Waals surface area contributed by atoms with Crippen LogP contribution in [0.1, 0.15) is 47.7 Å². The summed E-state index contributed by atoms with van der Waals surface area (Å²) in [5.41, 5.74) is 1.33. The molecule has 6 nitrogen and oxygen atoms in total. The highest BCUT2D eigenvalue weighted by Gasteiger charge is 2.17. The Morgan fingerprint density at radius 3 is 2.93 bits per heavy atom. The monoisotopic (exact) mass is 394 g/mol. The van der Waals surface area contributed by atoms with Gasteiger partial charge in [-0.05, 0) is 50.9 Å². The largest absolute Gasteiger partial charge is 0.381 e. The molecule has 0 radical (unpaired) electrons. The molecule has 7 heteroatoms. The topological polar surface area (TPSA) is 59.0 Å². The van der Waals surface area contributed by atoms with Crippen LogP contribution in [-0.4, -0.2) is 62.9 Å². The SMILES string of the molecule is CN=C(NCCCOCC1CCOCC1)N(C)Cc1nc2c(s1)CCCC2. The zero-order valence-electron chi connectivity index (χ0n) is 16.8. The van der Waals surface area contributed by atoms with Crippen molar-refractivity contribution in [3.8, 4) is 0 Å². The molecule has 152 valence electrons. The van der Waals surface area contributed by atoms with Crippen molar-refractivity contribution < 1.29 is 9.47 Å². The minimum absolute atomic E-state index is 0.676. The first kappa shape index (κ1) is 20.6. The normalized spacial score (nSPS) is 18.4. The molecule has 0 bridgehead atoms. The minimum Gasteiger partial charge on any atom is -0.381 e. The van der Waals surface area contributed by atoms with Gasteiger partial charge < -0.3 is 19.7 Å². The van der Waals surface area contributed by atoms with Gasteiger partial charge in [0, 0.05) is 51.9 Å². The lowest BCUT2D eigenvalue weighted by Crippen LogP contribution is -2.39. The Morgan fingerprint density at radius 2 is 2.15 bits per heavy atom. The van der Waals surface area contributed by atoms with Gasteiger partial charge in [0.25, 0.3) is 0 Å². The molecule has 1 aliphatic heterocycles. The summed E-state index contributed by atoms with van der Waals surface area (Å²) >= 11 is 1.88. The number of fused-ring (bicyclic) bond motifs is 1. The van der Waals surface area contributed by atoms with Crippen molar-refractivity contribution in [3.63, 3.8) is 0 Å². The first-order chi connectivity index (χ1) is 13.3. The molecule has 0 atom stereocenters. The lowest BCUT2D eigenvalue weighted by Gasteiger charge is -2.22. The van der Waals surface area contributed by atoms with Gasteiger partial charge in [-0.15, -0.1) is 11.3 Å². The van der Waals surface area contributed by atoms with Gasteiger partial charge in [0.15, 0.2) is 5.96 Å². The first-order valence-corrected chi connectivity index (χ1v) is 11.1. The van der Waals surface area contributed by atoms with Gasteiger partial charge in [0.2, 0.25) is 0 Å². The maximum absolute atomic E-state index is 5.83. The number of ether oxygens (including phenoxy) is 2. The standard InChI is InChI=1S/C20H34N4O2S/c1-21-20(22-10-5-11-26-15-16-8-12-25-13-9-16)24(2)14-19-23-17-6-3-4-7-18(17)27-19/h16H,3-15H2,1-2H3,(H,21,22). The maximum Gasteiger partial charge on any atom is 0.193 e. The van der Waals surface area contributed by atoms with Crippen LogP contribution in [0.4, 0.5) is 0 Å². The summed E-state index contributed by atoms with van der Waals surface area (Å²) < 4.78 is 11.2. The van der Waals surface area contributed by atoms with Crippen LogP contribution in [-0.2, 0) is 28.9 Å². The second-order valence-electron chi connectivity index (χ2n) is 7.50. The number of rotatable bonds is 8. The van der Waals surface area contributed by atoms with E-state index in [1.807, 2.05) is 18.4 Å². The first-order valence-electron chi connectivity index (χ1n) is 10.3. The molecule has 1 aliphatic carbocycles. The van der Waals surface area contributed by atoms with Crippen molar-refractivity contribution in [3.05, 3.63) is 15.6 Å². The van der Waals surface area contributed by atoms with Crippen LogP contribution in [0.5, 0.6) is 0 Å². The van der Waals surface area contributed by atoms with Crippen molar-refractivity contribution in [2.45, 2.75) is 51.5 Å². The van der Waals surface area contributed by atoms with Crippen LogP contribution in [0.15, 0.2) is 4.99 Å². The van der Waals surface area contributed by atoms with Crippen molar-refractivity contribution in [1.29, 1.82) is 0 Å². The minimum atomic E-state index is 0.676. The van der Waals surface area contributed by atoms with Crippen LogP contribution >= 0.6 is 11.3 Å². The molecule has 3 rings (SSSR count). The number of aryl methyl sites for hydroxylation is 2. The molecule has 1 N–H and O–H groups in total. The number of nitrogens with one attached hydrogen (secondary N) is 1. The Labute approximate surface area is 167 Å². The fraction of sp³-hybridized carbons (Fsp3) is 0.800. The lowest BCUT2D eigenvalue weighted by atomic mass is 10.0. The molecule has 1 fully saturated rings. The molecule has 27 heavy (non-hydrogen) atoms. The number of nitrogens with zero attached hydrogens (tertiary/aromatic N) is 3. The third-order valence-electron chi connectivity index (χ3n) is 5.28. The third-order valence-corrected chi connectivity index (χ3v) is 6.42. The highest BCUT2D eigenvalue weighted by Crippen LogP contribution is 2.27. The summed E-state index contributed by atoms with van der Waals surface area (Å²) in [6, 6.07) is 0. The van der Waals surface area contributed by atoms with E-state index in [1.165, 1.54) is 34.8 Å². The van der Waals surface area contributed by atoms with Crippen LogP contribution in [0.25, 0.3) is 0 Å². The van der Waals surface area contributed by atoms with Crippen LogP contribution in [0.3, 0.4) is 0 Å². The van der Waals surface area contributed by atoms with E-state index in [9.17, 15) is 0 Å². The summed E-state index contributed by atoms with van der Waals surface area (Å²) in [5.74, 6) is 1.60. The summed E-state index contributed by atoms with van der Waals surface area (Å²) in [7, 11) is 3.92. The average Bonchev–Trinajstić information content (AvgIpc) is 3.10. The summed E-state index contributed by atoms with van der Waals surface area (Å²) in [6.07, 6.45) is 8.21. The molecule has 0 spiro atoms. The summed E-state index contributed by atoms with van der Waals surface area (Å²) in [5, 5.41) is 4.64. The molecule has 0 amide bonds. The fourth-order valence-corrected chi connectivity index (χ4v) is 4.88. The van der Waals surface area contributed by atoms with Crippen LogP contribution in [0.2, 0.25) is 0 Å². The van der Waals surface area contributed by atoms with Crippen molar-refractivity contribution in [2.75, 3.05) is 47.1 Å². The van der Waals surface area contributed by atoms with Crippen molar-refractivity contribution >= 4 is 17.3 Å².